The monoisotopic (exact) mass is 899 g/mol. The van der Waals surface area contributed by atoms with Crippen LogP contribution < -0.4 is 9.47 Å². The molecule has 4 rings (SSSR count). The summed E-state index contributed by atoms with van der Waals surface area (Å²) < 4.78 is 12.0. The second-order valence-corrected chi connectivity index (χ2v) is 14.2. The standard InChI is InChI=1S/C34H56N2O2.C12H7N3O3.2H2N.Ru/c1-3-5-7-9-11-13-15-17-19-21-27-37-31-23-25-35-33(29-31)34-30-32(24-26-36-34)38-28-22-20-18-16-14-12-10-8-6-4-2;16-7-8-1-3-13-10(5-8)11-6-9(2-4-14-11)12(17)15-18;;;/h23-26,29-30H,3-22,27-28H2,1-2H3;1-7H;2*1H2;/q;;2*-1;+2. The van der Waals surface area contributed by atoms with Gasteiger partial charge in [-0.3, -0.25) is 29.5 Å². The van der Waals surface area contributed by atoms with Crippen LogP contribution in [0.25, 0.3) is 35.1 Å². The quantitative estimate of drug-likeness (QED) is 0.0230. The summed E-state index contributed by atoms with van der Waals surface area (Å²) in [7, 11) is 0. The van der Waals surface area contributed by atoms with Crippen molar-refractivity contribution in [3.8, 4) is 34.3 Å². The molecule has 0 aliphatic carbocycles. The van der Waals surface area contributed by atoms with Gasteiger partial charge in [-0.25, -0.2) is 0 Å². The first-order valence-corrected chi connectivity index (χ1v) is 21.0. The maximum absolute atomic E-state index is 11.1. The number of nitrogens with zero attached hydrogens (tertiary/aromatic N) is 5. The number of pyridine rings is 4. The summed E-state index contributed by atoms with van der Waals surface area (Å²) in [4.78, 5) is 49.1. The van der Waals surface area contributed by atoms with Crippen molar-refractivity contribution in [2.45, 2.75) is 142 Å². The molecule has 0 saturated carbocycles. The Morgan fingerprint density at radius 1 is 0.525 bits per heavy atom. The van der Waals surface area contributed by atoms with E-state index in [-0.39, 0.29) is 37.3 Å². The van der Waals surface area contributed by atoms with Gasteiger partial charge in [0.25, 0.3) is 0 Å². The molecular weight excluding hydrogens is 832 g/mol. The van der Waals surface area contributed by atoms with Crippen LogP contribution in [0.15, 0.2) is 78.5 Å². The molecule has 0 bridgehead atoms. The van der Waals surface area contributed by atoms with Crippen LogP contribution >= 0.6 is 0 Å². The number of unbranched alkanes of at least 4 members (excludes halogenated alkanes) is 18. The number of aldehydes is 1. The Kier molecular flexibility index (Phi) is 33.0. The van der Waals surface area contributed by atoms with Crippen LogP contribution in [-0.4, -0.2) is 45.3 Å². The van der Waals surface area contributed by atoms with Gasteiger partial charge >= 0.3 is 25.4 Å². The molecule has 4 aromatic rings. The molecule has 4 N–H and O–H groups in total. The molecule has 4 aromatic heterocycles. The number of nitroso groups, excluding NO2 is 1. The Labute approximate surface area is 365 Å². The summed E-state index contributed by atoms with van der Waals surface area (Å²) in [5.74, 6) is 0.860. The van der Waals surface area contributed by atoms with Gasteiger partial charge in [0.15, 0.2) is 0 Å². The summed E-state index contributed by atoms with van der Waals surface area (Å²) in [6.45, 7) is 6.07. The van der Waals surface area contributed by atoms with E-state index in [1.165, 1.54) is 146 Å². The largest absolute Gasteiger partial charge is 2.00 e. The molecule has 13 heteroatoms. The van der Waals surface area contributed by atoms with Crippen LogP contribution in [0.2, 0.25) is 0 Å². The smallest absolute Gasteiger partial charge is 0.693 e. The van der Waals surface area contributed by atoms with E-state index in [4.69, 9.17) is 9.47 Å². The number of nitrogens with two attached hydrogens (primary N) is 2. The molecule has 0 aromatic carbocycles. The molecule has 324 valence electrons. The van der Waals surface area contributed by atoms with Gasteiger partial charge in [-0.05, 0) is 49.2 Å². The van der Waals surface area contributed by atoms with Crippen molar-refractivity contribution in [1.29, 1.82) is 0 Å². The first-order chi connectivity index (χ1) is 27.6. The third kappa shape index (κ3) is 23.8. The minimum atomic E-state index is -0.870. The molecule has 0 aliphatic rings. The topological polar surface area (TPSA) is 201 Å². The van der Waals surface area contributed by atoms with E-state index in [1.54, 1.807) is 6.07 Å². The molecule has 0 spiro atoms. The average Bonchev–Trinajstić information content (AvgIpc) is 3.25. The van der Waals surface area contributed by atoms with Gasteiger partial charge in [-0.2, -0.15) is 0 Å². The number of hydrogen-bond donors (Lipinski definition) is 0. The zero-order valence-corrected chi connectivity index (χ0v) is 37.1. The van der Waals surface area contributed by atoms with Gasteiger partial charge in [0.1, 0.15) is 17.8 Å². The predicted molar refractivity (Wildman–Crippen MR) is 236 cm³/mol. The molecule has 59 heavy (non-hydrogen) atoms. The number of ether oxygens (including phenoxy) is 2. The molecule has 0 atom stereocenters. The van der Waals surface area contributed by atoms with Crippen molar-refractivity contribution < 1.29 is 38.5 Å². The molecule has 1 amide bonds. The Balaban J connectivity index is 0.00000135. The van der Waals surface area contributed by atoms with E-state index in [0.717, 1.165) is 48.9 Å². The average molecular weight is 899 g/mol. The summed E-state index contributed by atoms with van der Waals surface area (Å²) in [5.41, 5.74) is 3.08. The fourth-order valence-corrected chi connectivity index (χ4v) is 6.26. The summed E-state index contributed by atoms with van der Waals surface area (Å²) in [5, 5.41) is 2.33. The van der Waals surface area contributed by atoms with Gasteiger partial charge in [-0.1, -0.05) is 129 Å². The SMILES string of the molecule is CCCCCCCCCCCCOc1ccnc(-c2cc(OCCCCCCCCCCCC)ccn2)c1.O=Cc1ccnc(-c2cc(C(=O)N=O)ccn2)c1.[NH2-].[NH2-].[Ru+2]. The Morgan fingerprint density at radius 2 is 0.881 bits per heavy atom. The Hall–Kier alpha value is -4.32. The third-order valence-electron chi connectivity index (χ3n) is 9.53. The van der Waals surface area contributed by atoms with Gasteiger partial charge in [0, 0.05) is 53.2 Å². The van der Waals surface area contributed by atoms with Crippen molar-refractivity contribution >= 4 is 12.2 Å². The van der Waals surface area contributed by atoms with Crippen LogP contribution in [0.1, 0.15) is 163 Å². The number of carbonyl (C=O) groups is 2. The third-order valence-corrected chi connectivity index (χ3v) is 9.53. The summed E-state index contributed by atoms with van der Waals surface area (Å²) in [6, 6.07) is 13.7. The van der Waals surface area contributed by atoms with Crippen molar-refractivity contribution in [3.63, 3.8) is 0 Å². The molecular formula is C46H67N7O5Ru. The number of hydrogen-bond acceptors (Lipinski definition) is 9. The zero-order chi connectivity index (χ0) is 39.9. The van der Waals surface area contributed by atoms with Crippen LogP contribution in [0.3, 0.4) is 0 Å². The van der Waals surface area contributed by atoms with E-state index in [1.807, 2.05) is 36.7 Å². The minimum Gasteiger partial charge on any atom is -0.693 e. The molecule has 0 saturated heterocycles. The van der Waals surface area contributed by atoms with Crippen molar-refractivity contribution in [2.75, 3.05) is 13.2 Å². The van der Waals surface area contributed by atoms with Gasteiger partial charge < -0.3 is 21.8 Å². The second kappa shape index (κ2) is 35.6. The fourth-order valence-electron chi connectivity index (χ4n) is 6.26. The van der Waals surface area contributed by atoms with E-state index in [9.17, 15) is 14.5 Å². The van der Waals surface area contributed by atoms with Crippen molar-refractivity contribution in [3.05, 3.63) is 102 Å². The predicted octanol–water partition coefficient (Wildman–Crippen LogP) is 14.0. The molecule has 0 radical (unpaired) electrons. The maximum atomic E-state index is 11.1. The Morgan fingerprint density at radius 3 is 1.29 bits per heavy atom. The number of aromatic nitrogens is 4. The minimum absolute atomic E-state index is 0. The van der Waals surface area contributed by atoms with E-state index in [0.29, 0.717) is 23.2 Å². The normalized spacial score (nSPS) is 10.1. The molecule has 0 fully saturated rings. The molecule has 4 heterocycles. The van der Waals surface area contributed by atoms with Crippen LogP contribution in [-0.2, 0) is 19.5 Å². The maximum Gasteiger partial charge on any atom is 2.00 e. The van der Waals surface area contributed by atoms with Crippen molar-refractivity contribution in [2.24, 2.45) is 5.18 Å². The number of amides is 1. The molecule has 0 unspecified atom stereocenters. The summed E-state index contributed by atoms with van der Waals surface area (Å²) in [6.07, 6.45) is 33.8. The first kappa shape index (κ1) is 54.7. The molecule has 0 aliphatic heterocycles. The number of carbonyl (C=O) groups excluding carboxylic acids is 2. The van der Waals surface area contributed by atoms with Crippen LogP contribution in [0.4, 0.5) is 0 Å². The zero-order valence-electron chi connectivity index (χ0n) is 35.3. The first-order valence-electron chi connectivity index (χ1n) is 21.0. The second-order valence-electron chi connectivity index (χ2n) is 14.2. The summed E-state index contributed by atoms with van der Waals surface area (Å²) >= 11 is 0. The van der Waals surface area contributed by atoms with Gasteiger partial charge in [0.05, 0.1) is 36.0 Å². The fraction of sp³-hybridized carbons (Fsp3) is 0.522. The van der Waals surface area contributed by atoms with E-state index in [2.05, 4.69) is 39.0 Å². The molecule has 12 nitrogen and oxygen atoms in total. The van der Waals surface area contributed by atoms with Crippen molar-refractivity contribution in [1.82, 2.24) is 19.9 Å². The van der Waals surface area contributed by atoms with Gasteiger partial charge in [-0.15, -0.1) is 4.91 Å². The van der Waals surface area contributed by atoms with E-state index >= 15 is 0 Å². The van der Waals surface area contributed by atoms with E-state index < -0.39 is 5.91 Å². The number of rotatable bonds is 28. The Bertz CT molecular complexity index is 1630. The van der Waals surface area contributed by atoms with Crippen LogP contribution in [0.5, 0.6) is 11.5 Å². The van der Waals surface area contributed by atoms with Gasteiger partial charge in [0.2, 0.25) is 0 Å². The van der Waals surface area contributed by atoms with Crippen LogP contribution in [0, 0.1) is 4.91 Å².